The van der Waals surface area contributed by atoms with Gasteiger partial charge in [-0.15, -0.1) is 0 Å². The van der Waals surface area contributed by atoms with Crippen molar-refractivity contribution in [3.05, 3.63) is 84.1 Å². The molecule has 0 amide bonds. The Morgan fingerprint density at radius 3 is 2.44 bits per heavy atom. The quantitative estimate of drug-likeness (QED) is 0.321. The molecular weight excluding hydrogens is 480 g/mol. The second-order valence-corrected chi connectivity index (χ2v) is 9.07. The summed E-state index contributed by atoms with van der Waals surface area (Å²) in [5.74, 6) is 0. The maximum atomic E-state index is 10.2. The van der Waals surface area contributed by atoms with Crippen LogP contribution < -0.4 is 4.74 Å². The molecule has 6 rings (SSSR count). The highest BCUT2D eigenvalue weighted by molar-refractivity contribution is 6.34. The van der Waals surface area contributed by atoms with E-state index < -0.39 is 18.3 Å². The maximum absolute atomic E-state index is 10.2. The van der Waals surface area contributed by atoms with Crippen LogP contribution in [0.25, 0.3) is 39.0 Å². The standard InChI is InChI=1S/C27H23ClN4O4/c28-21-13-23-22(30-27(31-23)36-25-15-35-24(14-33)26(25)34)12-20(21)18-4-2-16(3-5-18)17-6-8-19(9-7-17)32-11-1-10-29-32/h1-13,24-26,33-34H,14-15H2,(H,30,31)/t24-,25?,26?/m1/s1. The average molecular weight is 503 g/mol. The number of aliphatic hydroxyl groups is 2. The van der Waals surface area contributed by atoms with Crippen molar-refractivity contribution in [1.82, 2.24) is 19.7 Å². The van der Waals surface area contributed by atoms with Crippen LogP contribution in [0, 0.1) is 0 Å². The van der Waals surface area contributed by atoms with Gasteiger partial charge in [-0.05, 0) is 47.0 Å². The van der Waals surface area contributed by atoms with Gasteiger partial charge in [0.1, 0.15) is 12.2 Å². The van der Waals surface area contributed by atoms with E-state index in [1.165, 1.54) is 0 Å². The molecule has 0 spiro atoms. The molecule has 2 aromatic heterocycles. The van der Waals surface area contributed by atoms with Crippen LogP contribution in [0.3, 0.4) is 0 Å². The van der Waals surface area contributed by atoms with Gasteiger partial charge in [0.15, 0.2) is 6.10 Å². The predicted molar refractivity (Wildman–Crippen MR) is 136 cm³/mol. The number of aromatic amines is 1. The third-order valence-corrected chi connectivity index (χ3v) is 6.71. The maximum Gasteiger partial charge on any atom is 0.295 e. The smallest absolute Gasteiger partial charge is 0.295 e. The molecule has 182 valence electrons. The summed E-state index contributed by atoms with van der Waals surface area (Å²) in [6.07, 6.45) is 1.48. The summed E-state index contributed by atoms with van der Waals surface area (Å²) >= 11 is 6.62. The summed E-state index contributed by atoms with van der Waals surface area (Å²) < 4.78 is 13.0. The minimum Gasteiger partial charge on any atom is -0.456 e. The number of nitrogens with one attached hydrogen (secondary N) is 1. The van der Waals surface area contributed by atoms with E-state index in [9.17, 15) is 10.2 Å². The van der Waals surface area contributed by atoms with Gasteiger partial charge in [0.2, 0.25) is 0 Å². The van der Waals surface area contributed by atoms with Gasteiger partial charge in [0, 0.05) is 18.0 Å². The Morgan fingerprint density at radius 1 is 1.06 bits per heavy atom. The van der Waals surface area contributed by atoms with E-state index in [0.29, 0.717) is 10.5 Å². The Balaban J connectivity index is 1.22. The van der Waals surface area contributed by atoms with Crippen molar-refractivity contribution >= 4 is 22.6 Å². The molecule has 0 saturated carbocycles. The second kappa shape index (κ2) is 9.40. The third-order valence-electron chi connectivity index (χ3n) is 6.39. The fraction of sp³-hybridized carbons (Fsp3) is 0.185. The number of benzene rings is 3. The first kappa shape index (κ1) is 22.8. The number of aromatic nitrogens is 4. The first-order chi connectivity index (χ1) is 17.6. The molecule has 2 unspecified atom stereocenters. The lowest BCUT2D eigenvalue weighted by Crippen LogP contribution is -2.36. The highest BCUT2D eigenvalue weighted by atomic mass is 35.5. The lowest BCUT2D eigenvalue weighted by Gasteiger charge is -2.15. The number of aliphatic hydroxyl groups excluding tert-OH is 2. The monoisotopic (exact) mass is 502 g/mol. The lowest BCUT2D eigenvalue weighted by molar-refractivity contribution is -0.00390. The van der Waals surface area contributed by atoms with Gasteiger partial charge in [-0.25, -0.2) is 4.68 Å². The number of imidazole rings is 1. The summed E-state index contributed by atoms with van der Waals surface area (Å²) in [5.41, 5.74) is 6.44. The molecule has 1 aliphatic heterocycles. The van der Waals surface area contributed by atoms with Gasteiger partial charge in [-0.1, -0.05) is 48.0 Å². The second-order valence-electron chi connectivity index (χ2n) is 8.67. The molecule has 3 atom stereocenters. The van der Waals surface area contributed by atoms with E-state index in [0.717, 1.165) is 33.5 Å². The summed E-state index contributed by atoms with van der Waals surface area (Å²) in [5, 5.41) is 24.3. The number of hydrogen-bond acceptors (Lipinski definition) is 6. The zero-order chi connectivity index (χ0) is 24.6. The molecule has 9 heteroatoms. The Labute approximate surface area is 211 Å². The van der Waals surface area contributed by atoms with Crippen LogP contribution in [0.4, 0.5) is 0 Å². The minimum atomic E-state index is -0.928. The third kappa shape index (κ3) is 4.25. The van der Waals surface area contributed by atoms with Gasteiger partial charge in [0.05, 0.1) is 35.0 Å². The average Bonchev–Trinajstić information content (AvgIpc) is 3.65. The van der Waals surface area contributed by atoms with Gasteiger partial charge in [-0.3, -0.25) is 0 Å². The molecule has 0 radical (unpaired) electrons. The zero-order valence-corrected chi connectivity index (χ0v) is 19.8. The van der Waals surface area contributed by atoms with Gasteiger partial charge in [0.25, 0.3) is 6.01 Å². The van der Waals surface area contributed by atoms with E-state index in [1.807, 2.05) is 53.3 Å². The van der Waals surface area contributed by atoms with Crippen molar-refractivity contribution in [3.63, 3.8) is 0 Å². The minimum absolute atomic E-state index is 0.174. The SMILES string of the molecule is OC[C@H]1OCC(Oc2nc3cc(-c4ccc(-c5ccc(-n6cccn6)cc5)cc4)c(Cl)cc3[nH]2)C1O. The van der Waals surface area contributed by atoms with E-state index in [1.54, 1.807) is 6.20 Å². The van der Waals surface area contributed by atoms with Crippen molar-refractivity contribution in [3.8, 4) is 34.0 Å². The Morgan fingerprint density at radius 2 is 1.78 bits per heavy atom. The molecule has 3 heterocycles. The molecule has 5 aromatic rings. The summed E-state index contributed by atoms with van der Waals surface area (Å²) in [6, 6.07) is 22.3. The Hall–Kier alpha value is -3.69. The fourth-order valence-electron chi connectivity index (χ4n) is 4.42. The van der Waals surface area contributed by atoms with Crippen molar-refractivity contribution in [2.24, 2.45) is 0 Å². The molecule has 36 heavy (non-hydrogen) atoms. The Kier molecular flexibility index (Phi) is 5.94. The number of H-pyrrole nitrogens is 1. The van der Waals surface area contributed by atoms with Crippen LogP contribution in [0.5, 0.6) is 6.01 Å². The van der Waals surface area contributed by atoms with Crippen LogP contribution in [0.15, 0.2) is 79.1 Å². The van der Waals surface area contributed by atoms with Crippen LogP contribution in [0.2, 0.25) is 5.02 Å². The van der Waals surface area contributed by atoms with Gasteiger partial charge in [-0.2, -0.15) is 10.1 Å². The van der Waals surface area contributed by atoms with E-state index in [-0.39, 0.29) is 19.2 Å². The van der Waals surface area contributed by atoms with Crippen LogP contribution >= 0.6 is 11.6 Å². The Bertz CT molecular complexity index is 1480. The summed E-state index contributed by atoms with van der Waals surface area (Å²) in [7, 11) is 0. The van der Waals surface area contributed by atoms with E-state index in [4.69, 9.17) is 21.1 Å². The molecule has 0 aliphatic carbocycles. The molecule has 8 nitrogen and oxygen atoms in total. The fourth-order valence-corrected chi connectivity index (χ4v) is 4.69. The normalized spacial score (nSPS) is 19.7. The van der Waals surface area contributed by atoms with E-state index in [2.05, 4.69) is 39.3 Å². The summed E-state index contributed by atoms with van der Waals surface area (Å²) in [6.45, 7) is -0.0940. The number of fused-ring (bicyclic) bond motifs is 1. The molecule has 0 bridgehead atoms. The van der Waals surface area contributed by atoms with Crippen molar-refractivity contribution in [2.45, 2.75) is 18.3 Å². The van der Waals surface area contributed by atoms with Gasteiger partial charge >= 0.3 is 0 Å². The highest BCUT2D eigenvalue weighted by Crippen LogP contribution is 2.34. The van der Waals surface area contributed by atoms with Crippen molar-refractivity contribution in [2.75, 3.05) is 13.2 Å². The van der Waals surface area contributed by atoms with Gasteiger partial charge < -0.3 is 24.7 Å². The predicted octanol–water partition coefficient (Wildman–Crippen LogP) is 4.24. The number of hydrogen-bond donors (Lipinski definition) is 3. The highest BCUT2D eigenvalue weighted by Gasteiger charge is 2.37. The number of halogens is 1. The zero-order valence-electron chi connectivity index (χ0n) is 19.1. The van der Waals surface area contributed by atoms with E-state index >= 15 is 0 Å². The van der Waals surface area contributed by atoms with Crippen molar-refractivity contribution in [1.29, 1.82) is 0 Å². The number of ether oxygens (including phenoxy) is 2. The van der Waals surface area contributed by atoms with Crippen LogP contribution in [0.1, 0.15) is 0 Å². The molecule has 1 saturated heterocycles. The number of rotatable bonds is 6. The first-order valence-electron chi connectivity index (χ1n) is 11.6. The summed E-state index contributed by atoms with van der Waals surface area (Å²) in [4.78, 5) is 7.60. The molecule has 1 aliphatic rings. The number of nitrogens with zero attached hydrogens (tertiary/aromatic N) is 3. The van der Waals surface area contributed by atoms with Crippen LogP contribution in [-0.4, -0.2) is 61.5 Å². The first-order valence-corrected chi connectivity index (χ1v) is 11.9. The largest absolute Gasteiger partial charge is 0.456 e. The lowest BCUT2D eigenvalue weighted by atomic mass is 10.00. The van der Waals surface area contributed by atoms with Crippen molar-refractivity contribution < 1.29 is 19.7 Å². The topological polar surface area (TPSA) is 105 Å². The molecule has 3 aromatic carbocycles. The molecule has 3 N–H and O–H groups in total. The van der Waals surface area contributed by atoms with Crippen LogP contribution in [-0.2, 0) is 4.74 Å². The molecule has 1 fully saturated rings. The molecular formula is C27H23ClN4O4.